The molecule has 4 rings (SSSR count). The lowest BCUT2D eigenvalue weighted by molar-refractivity contribution is -0.117. The summed E-state index contributed by atoms with van der Waals surface area (Å²) in [4.78, 5) is 30.1. The van der Waals surface area contributed by atoms with Crippen molar-refractivity contribution >= 4 is 23.3 Å². The van der Waals surface area contributed by atoms with Crippen LogP contribution in [0.3, 0.4) is 0 Å². The number of benzene rings is 3. The van der Waals surface area contributed by atoms with Gasteiger partial charge in [0.05, 0.1) is 11.7 Å². The fraction of sp³-hybridized carbons (Fsp3) is 0.0769. The molecule has 1 heterocycles. The van der Waals surface area contributed by atoms with Crippen molar-refractivity contribution in [2.75, 3.05) is 0 Å². The summed E-state index contributed by atoms with van der Waals surface area (Å²) in [6.45, 7) is 1.85. The Balaban J connectivity index is 1.66. The summed E-state index contributed by atoms with van der Waals surface area (Å²) in [7, 11) is 0. The van der Waals surface area contributed by atoms with E-state index < -0.39 is 5.91 Å². The van der Waals surface area contributed by atoms with Gasteiger partial charge in [-0.05, 0) is 24.6 Å². The van der Waals surface area contributed by atoms with E-state index in [1.54, 1.807) is 42.5 Å². The van der Waals surface area contributed by atoms with Gasteiger partial charge in [-0.15, -0.1) is 0 Å². The molecule has 156 valence electrons. The lowest BCUT2D eigenvalue weighted by Gasteiger charge is -2.14. The maximum Gasteiger partial charge on any atom is 0.264 e. The summed E-state index contributed by atoms with van der Waals surface area (Å²) in [5.41, 5.74) is 2.82. The Hall–Kier alpha value is -4.50. The fourth-order valence-electron chi connectivity index (χ4n) is 3.49. The van der Waals surface area contributed by atoms with Crippen LogP contribution in [-0.2, 0) is 4.79 Å². The van der Waals surface area contributed by atoms with Crippen LogP contribution in [0.4, 0.5) is 0 Å². The molecular weight excluding hydrogens is 400 g/mol. The topological polar surface area (TPSA) is 94.3 Å². The Morgan fingerprint density at radius 3 is 2.12 bits per heavy atom. The summed E-state index contributed by atoms with van der Waals surface area (Å²) in [5.74, 6) is -0.532. The molecule has 0 fully saturated rings. The van der Waals surface area contributed by atoms with Gasteiger partial charge in [-0.2, -0.15) is 5.26 Å². The van der Waals surface area contributed by atoms with Crippen LogP contribution in [0.1, 0.15) is 40.0 Å². The second kappa shape index (κ2) is 9.11. The first-order valence-corrected chi connectivity index (χ1v) is 10.1. The lowest BCUT2D eigenvalue weighted by Crippen LogP contribution is -2.30. The zero-order valence-corrected chi connectivity index (χ0v) is 17.4. The van der Waals surface area contributed by atoms with Crippen LogP contribution in [-0.4, -0.2) is 17.6 Å². The molecule has 6 heteroatoms. The molecule has 1 atom stereocenters. The molecule has 2 N–H and O–H groups in total. The summed E-state index contributed by atoms with van der Waals surface area (Å²) in [5, 5.41) is 15.4. The van der Waals surface area contributed by atoms with Gasteiger partial charge in [-0.25, -0.2) is 4.99 Å². The zero-order valence-electron chi connectivity index (χ0n) is 17.4. The van der Waals surface area contributed by atoms with E-state index in [9.17, 15) is 14.9 Å². The van der Waals surface area contributed by atoms with Crippen molar-refractivity contribution in [2.45, 2.75) is 13.0 Å². The average molecular weight is 420 g/mol. The number of rotatable bonds is 4. The minimum atomic E-state index is -0.520. The fourth-order valence-corrected chi connectivity index (χ4v) is 3.49. The van der Waals surface area contributed by atoms with E-state index in [2.05, 4.69) is 15.6 Å². The van der Waals surface area contributed by atoms with Gasteiger partial charge in [-0.1, -0.05) is 72.8 Å². The number of hydrogen-bond acceptors (Lipinski definition) is 4. The molecule has 1 aliphatic rings. The quantitative estimate of drug-likeness (QED) is 0.494. The van der Waals surface area contributed by atoms with Crippen LogP contribution in [0.5, 0.6) is 0 Å². The molecule has 0 saturated carbocycles. The minimum absolute atomic E-state index is 0.107. The third-order valence-electron chi connectivity index (χ3n) is 5.15. The largest absolute Gasteiger partial charge is 0.345 e. The highest BCUT2D eigenvalue weighted by atomic mass is 16.2. The monoisotopic (exact) mass is 420 g/mol. The molecule has 32 heavy (non-hydrogen) atoms. The normalized spacial score (nSPS) is 14.4. The van der Waals surface area contributed by atoms with Crippen molar-refractivity contribution in [1.82, 2.24) is 10.6 Å². The van der Waals surface area contributed by atoms with Crippen molar-refractivity contribution in [3.05, 3.63) is 113 Å². The molecule has 0 spiro atoms. The number of hydrogen-bond donors (Lipinski definition) is 2. The second-order valence-corrected chi connectivity index (χ2v) is 7.27. The third-order valence-corrected chi connectivity index (χ3v) is 5.15. The molecule has 0 aromatic heterocycles. The molecular formula is C26H20N4O2. The van der Waals surface area contributed by atoms with Gasteiger partial charge < -0.3 is 10.6 Å². The molecule has 3 aromatic carbocycles. The van der Waals surface area contributed by atoms with Gasteiger partial charge in [0.2, 0.25) is 0 Å². The number of nitriles is 1. The molecule has 1 aliphatic heterocycles. The number of amides is 2. The van der Waals surface area contributed by atoms with Gasteiger partial charge in [-0.3, -0.25) is 9.59 Å². The van der Waals surface area contributed by atoms with Gasteiger partial charge in [0, 0.05) is 16.7 Å². The van der Waals surface area contributed by atoms with Crippen molar-refractivity contribution in [2.24, 2.45) is 4.99 Å². The molecule has 0 radical (unpaired) electrons. The van der Waals surface area contributed by atoms with E-state index in [-0.39, 0.29) is 23.2 Å². The van der Waals surface area contributed by atoms with E-state index >= 15 is 0 Å². The number of fused-ring (bicyclic) bond motifs is 1. The molecule has 6 nitrogen and oxygen atoms in total. The van der Waals surface area contributed by atoms with Gasteiger partial charge >= 0.3 is 0 Å². The third kappa shape index (κ3) is 4.18. The van der Waals surface area contributed by atoms with E-state index in [0.29, 0.717) is 22.5 Å². The van der Waals surface area contributed by atoms with Crippen molar-refractivity contribution < 1.29 is 9.59 Å². The van der Waals surface area contributed by atoms with E-state index in [1.165, 1.54) is 0 Å². The lowest BCUT2D eigenvalue weighted by atomic mass is 10.0. The highest BCUT2D eigenvalue weighted by Crippen LogP contribution is 2.31. The molecule has 2 amide bonds. The van der Waals surface area contributed by atoms with E-state index in [4.69, 9.17) is 0 Å². The Kier molecular flexibility index (Phi) is 5.91. The summed E-state index contributed by atoms with van der Waals surface area (Å²) in [6.07, 6.45) is 0. The highest BCUT2D eigenvalue weighted by Gasteiger charge is 2.27. The molecule has 0 aliphatic carbocycles. The number of nitrogens with zero attached hydrogens (tertiary/aromatic N) is 2. The predicted octanol–water partition coefficient (Wildman–Crippen LogP) is 3.99. The Morgan fingerprint density at radius 2 is 1.47 bits per heavy atom. The van der Waals surface area contributed by atoms with Crippen LogP contribution >= 0.6 is 0 Å². The number of amidine groups is 1. The maximum atomic E-state index is 13.0. The van der Waals surface area contributed by atoms with Crippen LogP contribution in [0.25, 0.3) is 5.70 Å². The molecule has 3 aromatic rings. The van der Waals surface area contributed by atoms with Gasteiger partial charge in [0.15, 0.2) is 0 Å². The first-order valence-electron chi connectivity index (χ1n) is 10.1. The van der Waals surface area contributed by atoms with E-state index in [0.717, 1.165) is 5.56 Å². The SMILES string of the molecule is CC(NC(=O)/C(C#N)=C1\N=C(NC(=O)c2ccccc2)c2ccccc21)c1ccccc1. The van der Waals surface area contributed by atoms with Crippen LogP contribution in [0.2, 0.25) is 0 Å². The summed E-state index contributed by atoms with van der Waals surface area (Å²) >= 11 is 0. The first-order chi connectivity index (χ1) is 15.6. The molecule has 0 bridgehead atoms. The maximum absolute atomic E-state index is 13.0. The number of nitrogens with one attached hydrogen (secondary N) is 2. The summed E-state index contributed by atoms with van der Waals surface area (Å²) in [6, 6.07) is 27.2. The number of aliphatic imine (C=N–C) groups is 1. The predicted molar refractivity (Wildman–Crippen MR) is 122 cm³/mol. The average Bonchev–Trinajstić information content (AvgIpc) is 3.18. The van der Waals surface area contributed by atoms with Crippen LogP contribution in [0, 0.1) is 11.3 Å². The number of carbonyl (C=O) groups is 2. The summed E-state index contributed by atoms with van der Waals surface area (Å²) < 4.78 is 0. The highest BCUT2D eigenvalue weighted by molar-refractivity contribution is 6.20. The zero-order chi connectivity index (χ0) is 22.5. The van der Waals surface area contributed by atoms with Crippen molar-refractivity contribution in [3.8, 4) is 6.07 Å². The van der Waals surface area contributed by atoms with Crippen molar-refractivity contribution in [1.29, 1.82) is 5.26 Å². The number of carbonyl (C=O) groups excluding carboxylic acids is 2. The van der Waals surface area contributed by atoms with Crippen LogP contribution < -0.4 is 10.6 Å². The Morgan fingerprint density at radius 1 is 0.875 bits per heavy atom. The van der Waals surface area contributed by atoms with E-state index in [1.807, 2.05) is 55.5 Å². The van der Waals surface area contributed by atoms with Gasteiger partial charge in [0.25, 0.3) is 11.8 Å². The Bertz CT molecular complexity index is 1270. The molecule has 1 unspecified atom stereocenters. The smallest absolute Gasteiger partial charge is 0.264 e. The van der Waals surface area contributed by atoms with Crippen LogP contribution in [0.15, 0.2) is 95.5 Å². The Labute approximate surface area is 185 Å². The van der Waals surface area contributed by atoms with Gasteiger partial charge in [0.1, 0.15) is 17.5 Å². The second-order valence-electron chi connectivity index (χ2n) is 7.27. The standard InChI is InChI=1S/C26H20N4O2/c1-17(18-10-4-2-5-11-18)28-26(32)22(16-27)23-20-14-8-9-15-21(20)24(29-23)30-25(31)19-12-6-3-7-13-19/h2-15,17H,1H3,(H,28,32)(H,29,30,31)/b23-22-. The first kappa shape index (κ1) is 20.8. The molecule has 0 saturated heterocycles. The minimum Gasteiger partial charge on any atom is -0.345 e. The van der Waals surface area contributed by atoms with Crippen molar-refractivity contribution in [3.63, 3.8) is 0 Å².